The van der Waals surface area contributed by atoms with E-state index >= 15 is 0 Å². The van der Waals surface area contributed by atoms with Crippen molar-refractivity contribution in [1.29, 1.82) is 0 Å². The molecule has 2 amide bonds. The molecule has 0 radical (unpaired) electrons. The van der Waals surface area contributed by atoms with Gasteiger partial charge >= 0.3 is 6.03 Å². The molecule has 29 heavy (non-hydrogen) atoms. The van der Waals surface area contributed by atoms with Gasteiger partial charge in [-0.1, -0.05) is 19.1 Å². The lowest BCUT2D eigenvalue weighted by Crippen LogP contribution is -2.34. The minimum absolute atomic E-state index is 0.134. The van der Waals surface area contributed by atoms with Crippen LogP contribution < -0.4 is 10.0 Å². The first-order valence-electron chi connectivity index (χ1n) is 10.9. The summed E-state index contributed by atoms with van der Waals surface area (Å²) in [6.45, 7) is 4.09. The molecule has 1 unspecified atom stereocenters. The van der Waals surface area contributed by atoms with E-state index in [-0.39, 0.29) is 6.04 Å². The summed E-state index contributed by atoms with van der Waals surface area (Å²) >= 11 is 0. The van der Waals surface area contributed by atoms with E-state index in [9.17, 15) is 13.2 Å². The molecule has 1 aromatic carbocycles. The first kappa shape index (κ1) is 20.4. The Labute approximate surface area is 173 Å². The zero-order chi connectivity index (χ0) is 20.4. The van der Waals surface area contributed by atoms with Gasteiger partial charge in [-0.25, -0.2) is 17.9 Å². The summed E-state index contributed by atoms with van der Waals surface area (Å²) in [7, 11) is -3.82. The number of aryl methyl sites for hydroxylation is 2. The van der Waals surface area contributed by atoms with Crippen LogP contribution in [0.1, 0.15) is 61.3 Å². The first-order valence-corrected chi connectivity index (χ1v) is 12.4. The fraction of sp³-hybridized carbons (Fsp3) is 0.591. The molecule has 3 aliphatic rings. The number of fused-ring (bicyclic) bond motifs is 2. The molecular weight excluding hydrogens is 386 g/mol. The predicted octanol–water partition coefficient (Wildman–Crippen LogP) is 3.50. The number of sulfonamides is 1. The standard InChI is InChI=1S/C22H31N3O3S/c1-2-12-25-13-5-8-18(25)11-14-29(27,28)24-22(26)23-21-19-9-3-6-16(19)15-17-7-4-10-20(17)21/h11,14-15,18H,2-10,12-13H2,1H3,(H2,23,24,26)/b14-11+. The largest absolute Gasteiger partial charge is 0.333 e. The Kier molecular flexibility index (Phi) is 5.97. The number of benzene rings is 1. The second kappa shape index (κ2) is 8.48. The number of carbonyl (C=O) groups is 1. The van der Waals surface area contributed by atoms with Gasteiger partial charge in [0.2, 0.25) is 0 Å². The Hall–Kier alpha value is -1.86. The molecule has 1 fully saturated rings. The summed E-state index contributed by atoms with van der Waals surface area (Å²) in [5.74, 6) is 0. The third kappa shape index (κ3) is 4.51. The number of amides is 2. The van der Waals surface area contributed by atoms with Crippen LogP contribution in [0.5, 0.6) is 0 Å². The van der Waals surface area contributed by atoms with E-state index in [1.165, 1.54) is 22.3 Å². The zero-order valence-corrected chi connectivity index (χ0v) is 18.0. The number of nitrogens with zero attached hydrogens (tertiary/aromatic N) is 1. The number of nitrogens with one attached hydrogen (secondary N) is 2. The van der Waals surface area contributed by atoms with Crippen molar-refractivity contribution in [2.75, 3.05) is 18.4 Å². The molecule has 0 spiro atoms. The fourth-order valence-corrected chi connectivity index (χ4v) is 5.86. The maximum atomic E-state index is 12.5. The summed E-state index contributed by atoms with van der Waals surface area (Å²) in [5, 5.41) is 4.04. The molecule has 1 aliphatic heterocycles. The highest BCUT2D eigenvalue weighted by molar-refractivity contribution is 7.92. The molecular formula is C22H31N3O3S. The number of carbonyl (C=O) groups excluding carboxylic acids is 1. The van der Waals surface area contributed by atoms with Crippen LogP contribution in [0.25, 0.3) is 0 Å². The number of rotatable bonds is 6. The Balaban J connectivity index is 1.44. The van der Waals surface area contributed by atoms with Crippen LogP contribution in [0, 0.1) is 0 Å². The lowest BCUT2D eigenvalue weighted by Gasteiger charge is -2.20. The molecule has 4 rings (SSSR count). The lowest BCUT2D eigenvalue weighted by atomic mass is 9.99. The zero-order valence-electron chi connectivity index (χ0n) is 17.2. The van der Waals surface area contributed by atoms with E-state index in [1.54, 1.807) is 6.08 Å². The van der Waals surface area contributed by atoms with E-state index in [0.29, 0.717) is 0 Å². The Morgan fingerprint density at radius 3 is 2.48 bits per heavy atom. The minimum atomic E-state index is -3.82. The molecule has 1 heterocycles. The molecule has 1 aromatic rings. The van der Waals surface area contributed by atoms with Crippen LogP contribution in [0.2, 0.25) is 0 Å². The highest BCUT2D eigenvalue weighted by Crippen LogP contribution is 2.38. The van der Waals surface area contributed by atoms with Gasteiger partial charge in [0.25, 0.3) is 10.0 Å². The molecule has 1 saturated heterocycles. The van der Waals surface area contributed by atoms with Gasteiger partial charge in [-0.15, -0.1) is 0 Å². The topological polar surface area (TPSA) is 78.5 Å². The van der Waals surface area contributed by atoms with Crippen molar-refractivity contribution in [2.24, 2.45) is 0 Å². The van der Waals surface area contributed by atoms with Crippen molar-refractivity contribution in [3.8, 4) is 0 Å². The molecule has 158 valence electrons. The van der Waals surface area contributed by atoms with Crippen molar-refractivity contribution in [2.45, 2.75) is 70.8 Å². The number of hydrogen-bond donors (Lipinski definition) is 2. The quantitative estimate of drug-likeness (QED) is 0.743. The molecule has 0 bridgehead atoms. The van der Waals surface area contributed by atoms with Gasteiger partial charge in [0.15, 0.2) is 0 Å². The number of hydrogen-bond acceptors (Lipinski definition) is 4. The van der Waals surface area contributed by atoms with Crippen LogP contribution in [0.4, 0.5) is 10.5 Å². The van der Waals surface area contributed by atoms with Crippen LogP contribution in [0.15, 0.2) is 17.6 Å². The summed E-state index contributed by atoms with van der Waals surface area (Å²) in [6, 6.07) is 1.76. The highest BCUT2D eigenvalue weighted by Gasteiger charge is 2.26. The summed E-state index contributed by atoms with van der Waals surface area (Å²) in [6.07, 6.45) is 10.9. The molecule has 7 heteroatoms. The van der Waals surface area contributed by atoms with Crippen LogP contribution in [0.3, 0.4) is 0 Å². The number of likely N-dealkylation sites (tertiary alicyclic amines) is 1. The molecule has 1 atom stereocenters. The second-order valence-corrected chi connectivity index (χ2v) is 9.98. The third-order valence-corrected chi connectivity index (χ3v) is 7.34. The van der Waals surface area contributed by atoms with Gasteiger partial charge in [0.05, 0.1) is 0 Å². The van der Waals surface area contributed by atoms with Crippen molar-refractivity contribution in [3.63, 3.8) is 0 Å². The van der Waals surface area contributed by atoms with Gasteiger partial charge in [0.1, 0.15) is 0 Å². The molecule has 6 nitrogen and oxygen atoms in total. The maximum Gasteiger partial charge on any atom is 0.333 e. The van der Waals surface area contributed by atoms with Crippen LogP contribution in [-0.2, 0) is 35.7 Å². The van der Waals surface area contributed by atoms with Crippen molar-refractivity contribution in [1.82, 2.24) is 9.62 Å². The average Bonchev–Trinajstić information content (AvgIpc) is 3.40. The maximum absolute atomic E-state index is 12.5. The molecule has 0 saturated carbocycles. The smallest absolute Gasteiger partial charge is 0.307 e. The number of urea groups is 1. The SMILES string of the molecule is CCCN1CCCC1/C=C/S(=O)(=O)NC(=O)Nc1c2c(cc3c1CCC3)CCC2. The van der Waals surface area contributed by atoms with Crippen LogP contribution in [-0.4, -0.2) is 38.5 Å². The molecule has 0 aromatic heterocycles. The highest BCUT2D eigenvalue weighted by atomic mass is 32.2. The van der Waals surface area contributed by atoms with Crippen LogP contribution >= 0.6 is 0 Å². The molecule has 2 aliphatic carbocycles. The van der Waals surface area contributed by atoms with E-state index < -0.39 is 16.1 Å². The first-order chi connectivity index (χ1) is 14.0. The van der Waals surface area contributed by atoms with E-state index in [4.69, 9.17) is 0 Å². The van der Waals surface area contributed by atoms with Crippen molar-refractivity contribution >= 4 is 21.7 Å². The van der Waals surface area contributed by atoms with Gasteiger partial charge < -0.3 is 5.32 Å². The predicted molar refractivity (Wildman–Crippen MR) is 116 cm³/mol. The summed E-state index contributed by atoms with van der Waals surface area (Å²) in [4.78, 5) is 14.8. The van der Waals surface area contributed by atoms with Crippen molar-refractivity contribution in [3.05, 3.63) is 39.8 Å². The normalized spacial score (nSPS) is 21.5. The lowest BCUT2D eigenvalue weighted by molar-refractivity contribution is 0.256. The van der Waals surface area contributed by atoms with Gasteiger partial charge in [0, 0.05) is 17.1 Å². The summed E-state index contributed by atoms with van der Waals surface area (Å²) in [5.41, 5.74) is 5.85. The summed E-state index contributed by atoms with van der Waals surface area (Å²) < 4.78 is 27.1. The Morgan fingerprint density at radius 1 is 1.14 bits per heavy atom. The minimum Gasteiger partial charge on any atom is -0.307 e. The van der Waals surface area contributed by atoms with E-state index in [0.717, 1.165) is 82.0 Å². The monoisotopic (exact) mass is 417 g/mol. The van der Waals surface area contributed by atoms with E-state index in [2.05, 4.69) is 27.9 Å². The van der Waals surface area contributed by atoms with Gasteiger partial charge in [-0.2, -0.15) is 0 Å². The number of anilines is 1. The van der Waals surface area contributed by atoms with Gasteiger partial charge in [-0.3, -0.25) is 4.90 Å². The fourth-order valence-electron chi connectivity index (χ4n) is 5.10. The van der Waals surface area contributed by atoms with Gasteiger partial charge in [-0.05, 0) is 93.1 Å². The third-order valence-electron chi connectivity index (χ3n) is 6.35. The van der Waals surface area contributed by atoms with Crippen molar-refractivity contribution < 1.29 is 13.2 Å². The second-order valence-electron chi connectivity index (χ2n) is 8.41. The Bertz CT molecular complexity index is 891. The Morgan fingerprint density at radius 2 is 1.83 bits per heavy atom. The van der Waals surface area contributed by atoms with E-state index in [1.807, 2.05) is 0 Å². The molecule has 2 N–H and O–H groups in total. The average molecular weight is 418 g/mol.